The van der Waals surface area contributed by atoms with Crippen LogP contribution in [0.4, 0.5) is 5.69 Å². The third kappa shape index (κ3) is 5.05. The number of Topliss-reactive ketones (excluding diaryl/α,β-unsaturated/α-hetero) is 1. The molecular formula is C22H16ClNO4. The quantitative estimate of drug-likeness (QED) is 0.489. The molecule has 5 nitrogen and oxygen atoms in total. The van der Waals surface area contributed by atoms with Crippen molar-refractivity contribution in [2.75, 3.05) is 11.9 Å². The highest BCUT2D eigenvalue weighted by atomic mass is 35.5. The molecule has 0 saturated carbocycles. The van der Waals surface area contributed by atoms with Crippen LogP contribution in [0.2, 0.25) is 5.02 Å². The molecule has 1 amide bonds. The minimum absolute atomic E-state index is 0.239. The Morgan fingerprint density at radius 1 is 0.750 bits per heavy atom. The second-order valence-corrected chi connectivity index (χ2v) is 6.34. The third-order valence-electron chi connectivity index (χ3n) is 3.92. The summed E-state index contributed by atoms with van der Waals surface area (Å²) in [6, 6.07) is 21.4. The van der Waals surface area contributed by atoms with E-state index in [9.17, 15) is 14.4 Å². The van der Waals surface area contributed by atoms with Gasteiger partial charge in [0.1, 0.15) is 0 Å². The van der Waals surface area contributed by atoms with Crippen LogP contribution in [-0.2, 0) is 4.74 Å². The Labute approximate surface area is 166 Å². The molecule has 0 bridgehead atoms. The van der Waals surface area contributed by atoms with Crippen LogP contribution >= 0.6 is 11.6 Å². The molecule has 0 heterocycles. The molecule has 0 spiro atoms. The summed E-state index contributed by atoms with van der Waals surface area (Å²) in [4.78, 5) is 36.3. The lowest BCUT2D eigenvalue weighted by Gasteiger charge is -2.07. The fraction of sp³-hybridized carbons (Fsp3) is 0.0455. The van der Waals surface area contributed by atoms with Gasteiger partial charge in [-0.2, -0.15) is 0 Å². The minimum Gasteiger partial charge on any atom is -0.454 e. The largest absolute Gasteiger partial charge is 0.454 e. The number of hydrogen-bond donors (Lipinski definition) is 1. The van der Waals surface area contributed by atoms with Crippen LogP contribution in [-0.4, -0.2) is 24.3 Å². The van der Waals surface area contributed by atoms with Crippen LogP contribution in [0, 0.1) is 0 Å². The summed E-state index contributed by atoms with van der Waals surface area (Å²) in [5.74, 6) is -1.18. The molecule has 0 aliphatic rings. The molecular weight excluding hydrogens is 378 g/mol. The predicted octanol–water partition coefficient (Wildman–Crippen LogP) is 4.63. The first-order valence-corrected chi connectivity index (χ1v) is 8.83. The Kier molecular flexibility index (Phi) is 6.19. The van der Waals surface area contributed by atoms with Crippen molar-refractivity contribution < 1.29 is 19.1 Å². The fourth-order valence-corrected chi connectivity index (χ4v) is 2.54. The van der Waals surface area contributed by atoms with E-state index in [4.69, 9.17) is 16.3 Å². The van der Waals surface area contributed by atoms with Crippen LogP contribution in [0.3, 0.4) is 0 Å². The van der Waals surface area contributed by atoms with E-state index in [1.165, 1.54) is 12.1 Å². The lowest BCUT2D eigenvalue weighted by Crippen LogP contribution is -2.15. The van der Waals surface area contributed by atoms with Gasteiger partial charge in [0.05, 0.1) is 5.56 Å². The number of ketones is 1. The van der Waals surface area contributed by atoms with E-state index in [0.717, 1.165) is 0 Å². The molecule has 0 saturated heterocycles. The highest BCUT2D eigenvalue weighted by Gasteiger charge is 2.12. The minimum atomic E-state index is -0.600. The number of esters is 1. The first kappa shape index (κ1) is 19.3. The Morgan fingerprint density at radius 3 is 2.00 bits per heavy atom. The molecule has 3 aromatic rings. The number of rotatable bonds is 6. The number of hydrogen-bond acceptors (Lipinski definition) is 4. The van der Waals surface area contributed by atoms with Crippen molar-refractivity contribution in [2.45, 2.75) is 0 Å². The first-order valence-electron chi connectivity index (χ1n) is 8.45. The van der Waals surface area contributed by atoms with Gasteiger partial charge < -0.3 is 10.1 Å². The van der Waals surface area contributed by atoms with Crippen molar-refractivity contribution in [1.29, 1.82) is 0 Å². The maximum absolute atomic E-state index is 12.2. The van der Waals surface area contributed by atoms with Crippen LogP contribution in [0.5, 0.6) is 0 Å². The number of benzene rings is 3. The zero-order valence-electron chi connectivity index (χ0n) is 14.7. The molecule has 0 unspecified atom stereocenters. The standard InChI is InChI=1S/C22H16ClNO4/c23-18-10-6-17(7-11-18)22(27)28-14-20(25)15-8-12-19(13-9-15)24-21(26)16-4-2-1-3-5-16/h1-13H,14H2,(H,24,26). The normalized spacial score (nSPS) is 10.2. The maximum atomic E-state index is 12.2. The molecule has 0 atom stereocenters. The molecule has 28 heavy (non-hydrogen) atoms. The molecule has 0 radical (unpaired) electrons. The smallest absolute Gasteiger partial charge is 0.338 e. The molecule has 0 aliphatic carbocycles. The number of halogens is 1. The van der Waals surface area contributed by atoms with E-state index in [2.05, 4.69) is 5.32 Å². The predicted molar refractivity (Wildman–Crippen MR) is 107 cm³/mol. The first-order chi connectivity index (χ1) is 13.5. The third-order valence-corrected chi connectivity index (χ3v) is 4.17. The van der Waals surface area contributed by atoms with Gasteiger partial charge in [0, 0.05) is 21.8 Å². The van der Waals surface area contributed by atoms with Crippen molar-refractivity contribution in [1.82, 2.24) is 0 Å². The van der Waals surface area contributed by atoms with Gasteiger partial charge >= 0.3 is 5.97 Å². The van der Waals surface area contributed by atoms with Crippen molar-refractivity contribution in [3.8, 4) is 0 Å². The van der Waals surface area contributed by atoms with Crippen molar-refractivity contribution in [3.05, 3.63) is 101 Å². The number of ether oxygens (including phenoxy) is 1. The molecule has 0 fully saturated rings. The zero-order chi connectivity index (χ0) is 19.9. The van der Waals surface area contributed by atoms with E-state index >= 15 is 0 Å². The van der Waals surface area contributed by atoms with Crippen molar-refractivity contribution in [3.63, 3.8) is 0 Å². The topological polar surface area (TPSA) is 72.5 Å². The van der Waals surface area contributed by atoms with Gasteiger partial charge in [-0.1, -0.05) is 29.8 Å². The maximum Gasteiger partial charge on any atom is 0.338 e. The lowest BCUT2D eigenvalue weighted by atomic mass is 10.1. The van der Waals surface area contributed by atoms with Crippen LogP contribution in [0.25, 0.3) is 0 Å². The Bertz CT molecular complexity index is 983. The van der Waals surface area contributed by atoms with Crippen molar-refractivity contribution in [2.24, 2.45) is 0 Å². The highest BCUT2D eigenvalue weighted by molar-refractivity contribution is 6.30. The van der Waals surface area contributed by atoms with E-state index < -0.39 is 5.97 Å². The Morgan fingerprint density at radius 2 is 1.36 bits per heavy atom. The second-order valence-electron chi connectivity index (χ2n) is 5.90. The van der Waals surface area contributed by atoms with E-state index in [-0.39, 0.29) is 18.3 Å². The average Bonchev–Trinajstić information content (AvgIpc) is 2.73. The summed E-state index contributed by atoms with van der Waals surface area (Å²) >= 11 is 5.77. The molecule has 3 rings (SSSR count). The summed E-state index contributed by atoms with van der Waals surface area (Å²) in [6.45, 7) is -0.378. The van der Waals surface area contributed by atoms with Gasteiger partial charge in [-0.15, -0.1) is 0 Å². The van der Waals surface area contributed by atoms with E-state index in [1.54, 1.807) is 60.7 Å². The zero-order valence-corrected chi connectivity index (χ0v) is 15.5. The molecule has 6 heteroatoms. The molecule has 140 valence electrons. The van der Waals surface area contributed by atoms with Gasteiger partial charge in [-0.05, 0) is 60.7 Å². The number of amides is 1. The summed E-state index contributed by atoms with van der Waals surface area (Å²) in [5.41, 5.74) is 1.79. The van der Waals surface area contributed by atoms with Gasteiger partial charge in [0.2, 0.25) is 0 Å². The lowest BCUT2D eigenvalue weighted by molar-refractivity contribution is 0.0474. The van der Waals surface area contributed by atoms with Crippen molar-refractivity contribution >= 4 is 34.9 Å². The van der Waals surface area contributed by atoms with E-state index in [1.807, 2.05) is 6.07 Å². The summed E-state index contributed by atoms with van der Waals surface area (Å²) < 4.78 is 5.04. The summed E-state index contributed by atoms with van der Waals surface area (Å²) in [7, 11) is 0. The summed E-state index contributed by atoms with van der Waals surface area (Å²) in [5, 5.41) is 3.26. The average molecular weight is 394 g/mol. The highest BCUT2D eigenvalue weighted by Crippen LogP contribution is 2.13. The number of anilines is 1. The van der Waals surface area contributed by atoms with Gasteiger partial charge in [0.15, 0.2) is 12.4 Å². The van der Waals surface area contributed by atoms with Gasteiger partial charge in [-0.25, -0.2) is 4.79 Å². The van der Waals surface area contributed by atoms with Gasteiger partial charge in [0.25, 0.3) is 5.91 Å². The Balaban J connectivity index is 1.55. The molecule has 0 aliphatic heterocycles. The van der Waals surface area contributed by atoms with Gasteiger partial charge in [-0.3, -0.25) is 9.59 Å². The fourth-order valence-electron chi connectivity index (χ4n) is 2.42. The Hall–Kier alpha value is -3.44. The van der Waals surface area contributed by atoms with Crippen LogP contribution in [0.15, 0.2) is 78.9 Å². The van der Waals surface area contributed by atoms with E-state index in [0.29, 0.717) is 27.4 Å². The summed E-state index contributed by atoms with van der Waals surface area (Å²) in [6.07, 6.45) is 0. The number of carbonyl (C=O) groups excluding carboxylic acids is 3. The number of carbonyl (C=O) groups is 3. The molecule has 1 N–H and O–H groups in total. The molecule has 0 aromatic heterocycles. The van der Waals surface area contributed by atoms with Crippen LogP contribution in [0.1, 0.15) is 31.1 Å². The monoisotopic (exact) mass is 393 g/mol. The SMILES string of the molecule is O=C(COC(=O)c1ccc(Cl)cc1)c1ccc(NC(=O)c2ccccc2)cc1. The molecule has 3 aromatic carbocycles. The van der Waals surface area contributed by atoms with Crippen LogP contribution < -0.4 is 5.32 Å². The number of nitrogens with one attached hydrogen (secondary N) is 1. The second kappa shape index (κ2) is 8.97.